The molecule has 2 N–H and O–H groups in total. The van der Waals surface area contributed by atoms with Crippen LogP contribution in [-0.2, 0) is 0 Å². The van der Waals surface area contributed by atoms with Crippen molar-refractivity contribution in [1.82, 2.24) is 20.0 Å². The van der Waals surface area contributed by atoms with Gasteiger partial charge in [0.05, 0.1) is 17.1 Å². The van der Waals surface area contributed by atoms with E-state index in [1.165, 1.54) is 0 Å². The normalized spacial score (nSPS) is 13.0. The fourth-order valence-corrected chi connectivity index (χ4v) is 2.25. The zero-order valence-electron chi connectivity index (χ0n) is 12.0. The number of benzene rings is 1. The minimum absolute atomic E-state index is 0.277. The molecule has 1 unspecified atom stereocenters. The van der Waals surface area contributed by atoms with E-state index in [1.54, 1.807) is 6.20 Å². The standard InChI is InChI=1S/C15H17N5O/c1-20(2)9-12(16)14-18-15(21-19-14)11-7-3-5-10-6-4-8-17-13(10)11/h3-8,12H,9,16H2,1-2H3. The Hall–Kier alpha value is -2.31. The van der Waals surface area contributed by atoms with E-state index in [4.69, 9.17) is 10.3 Å². The fourth-order valence-electron chi connectivity index (χ4n) is 2.25. The lowest BCUT2D eigenvalue weighted by Gasteiger charge is -2.12. The number of fused-ring (bicyclic) bond motifs is 1. The monoisotopic (exact) mass is 283 g/mol. The van der Waals surface area contributed by atoms with Crippen molar-refractivity contribution < 1.29 is 4.52 Å². The van der Waals surface area contributed by atoms with E-state index < -0.39 is 0 Å². The summed E-state index contributed by atoms with van der Waals surface area (Å²) in [4.78, 5) is 10.8. The van der Waals surface area contributed by atoms with Gasteiger partial charge in [-0.05, 0) is 26.2 Å². The van der Waals surface area contributed by atoms with E-state index in [0.29, 0.717) is 18.3 Å². The molecule has 0 aliphatic heterocycles. The highest BCUT2D eigenvalue weighted by Crippen LogP contribution is 2.26. The third-order valence-electron chi connectivity index (χ3n) is 3.20. The zero-order valence-corrected chi connectivity index (χ0v) is 12.0. The van der Waals surface area contributed by atoms with Crippen molar-refractivity contribution in [3.63, 3.8) is 0 Å². The van der Waals surface area contributed by atoms with E-state index in [9.17, 15) is 0 Å². The molecule has 6 nitrogen and oxygen atoms in total. The second-order valence-corrected chi connectivity index (χ2v) is 5.21. The number of para-hydroxylation sites is 1. The molecule has 2 heterocycles. The van der Waals surface area contributed by atoms with Crippen molar-refractivity contribution in [1.29, 1.82) is 0 Å². The average Bonchev–Trinajstić information content (AvgIpc) is 2.95. The van der Waals surface area contributed by atoms with Crippen molar-refractivity contribution in [3.8, 4) is 11.5 Å². The first kappa shape index (κ1) is 13.7. The number of nitrogens with two attached hydrogens (primary N) is 1. The number of pyridine rings is 1. The number of hydrogen-bond donors (Lipinski definition) is 1. The molecular formula is C15H17N5O. The quantitative estimate of drug-likeness (QED) is 0.787. The van der Waals surface area contributed by atoms with Gasteiger partial charge in [0.1, 0.15) is 0 Å². The molecule has 0 bridgehead atoms. The average molecular weight is 283 g/mol. The minimum Gasteiger partial charge on any atom is -0.334 e. The van der Waals surface area contributed by atoms with E-state index in [-0.39, 0.29) is 6.04 Å². The van der Waals surface area contributed by atoms with Crippen LogP contribution in [0.3, 0.4) is 0 Å². The predicted molar refractivity (Wildman–Crippen MR) is 80.5 cm³/mol. The van der Waals surface area contributed by atoms with Gasteiger partial charge < -0.3 is 15.2 Å². The summed E-state index contributed by atoms with van der Waals surface area (Å²) in [5.74, 6) is 0.954. The van der Waals surface area contributed by atoms with Gasteiger partial charge in [0.25, 0.3) is 5.89 Å². The molecule has 21 heavy (non-hydrogen) atoms. The molecule has 0 fully saturated rings. The Morgan fingerprint density at radius 1 is 1.24 bits per heavy atom. The summed E-state index contributed by atoms with van der Waals surface area (Å²) in [5.41, 5.74) is 7.72. The summed E-state index contributed by atoms with van der Waals surface area (Å²) in [5, 5.41) is 5.02. The van der Waals surface area contributed by atoms with Gasteiger partial charge in [-0.25, -0.2) is 0 Å². The third-order valence-corrected chi connectivity index (χ3v) is 3.20. The molecule has 0 aliphatic rings. The SMILES string of the molecule is CN(C)CC(N)c1noc(-c2cccc3cccnc23)n1. The van der Waals surface area contributed by atoms with Gasteiger partial charge in [-0.1, -0.05) is 23.4 Å². The Morgan fingerprint density at radius 2 is 2.05 bits per heavy atom. The molecular weight excluding hydrogens is 266 g/mol. The number of aromatic nitrogens is 3. The molecule has 0 saturated carbocycles. The Bertz CT molecular complexity index is 747. The zero-order chi connectivity index (χ0) is 14.8. The lowest BCUT2D eigenvalue weighted by Crippen LogP contribution is -2.26. The lowest BCUT2D eigenvalue weighted by molar-refractivity contribution is 0.357. The van der Waals surface area contributed by atoms with Crippen LogP contribution >= 0.6 is 0 Å². The summed E-state index contributed by atoms with van der Waals surface area (Å²) < 4.78 is 5.36. The summed E-state index contributed by atoms with van der Waals surface area (Å²) in [6, 6.07) is 9.49. The van der Waals surface area contributed by atoms with Gasteiger partial charge in [-0.3, -0.25) is 4.98 Å². The maximum atomic E-state index is 6.06. The smallest absolute Gasteiger partial charge is 0.260 e. The second kappa shape index (κ2) is 5.59. The maximum absolute atomic E-state index is 6.06. The van der Waals surface area contributed by atoms with Crippen molar-refractivity contribution in [3.05, 3.63) is 42.4 Å². The van der Waals surface area contributed by atoms with Crippen LogP contribution in [-0.4, -0.2) is 40.7 Å². The van der Waals surface area contributed by atoms with Gasteiger partial charge in [0, 0.05) is 18.1 Å². The Kier molecular flexibility index (Phi) is 3.64. The fraction of sp³-hybridized carbons (Fsp3) is 0.267. The number of nitrogens with zero attached hydrogens (tertiary/aromatic N) is 4. The summed E-state index contributed by atoms with van der Waals surface area (Å²) in [7, 11) is 3.91. The Labute approximate surface area is 122 Å². The largest absolute Gasteiger partial charge is 0.334 e. The van der Waals surface area contributed by atoms with Crippen LogP contribution in [0, 0.1) is 0 Å². The van der Waals surface area contributed by atoms with Gasteiger partial charge in [0.15, 0.2) is 5.82 Å². The highest BCUT2D eigenvalue weighted by molar-refractivity contribution is 5.91. The van der Waals surface area contributed by atoms with Gasteiger partial charge in [-0.2, -0.15) is 4.98 Å². The highest BCUT2D eigenvalue weighted by atomic mass is 16.5. The summed E-state index contributed by atoms with van der Waals surface area (Å²) >= 11 is 0. The van der Waals surface area contributed by atoms with Crippen LogP contribution in [0.2, 0.25) is 0 Å². The number of hydrogen-bond acceptors (Lipinski definition) is 6. The molecule has 6 heteroatoms. The predicted octanol–water partition coefficient (Wildman–Crippen LogP) is 1.85. The van der Waals surface area contributed by atoms with Gasteiger partial charge in [0.2, 0.25) is 0 Å². The molecule has 0 saturated heterocycles. The third kappa shape index (κ3) is 2.76. The van der Waals surface area contributed by atoms with Crippen LogP contribution in [0.4, 0.5) is 0 Å². The van der Waals surface area contributed by atoms with Crippen LogP contribution in [0.1, 0.15) is 11.9 Å². The van der Waals surface area contributed by atoms with Crippen LogP contribution < -0.4 is 5.73 Å². The van der Waals surface area contributed by atoms with Crippen molar-refractivity contribution >= 4 is 10.9 Å². The summed E-state index contributed by atoms with van der Waals surface area (Å²) in [6.45, 7) is 0.659. The summed E-state index contributed by atoms with van der Waals surface area (Å²) in [6.07, 6.45) is 1.75. The van der Waals surface area contributed by atoms with E-state index in [2.05, 4.69) is 15.1 Å². The number of rotatable bonds is 4. The first-order valence-corrected chi connectivity index (χ1v) is 6.73. The molecule has 0 radical (unpaired) electrons. The first-order chi connectivity index (χ1) is 10.1. The van der Waals surface area contributed by atoms with Crippen LogP contribution in [0.5, 0.6) is 0 Å². The van der Waals surface area contributed by atoms with Crippen LogP contribution in [0.25, 0.3) is 22.4 Å². The Morgan fingerprint density at radius 3 is 2.86 bits per heavy atom. The molecule has 2 aromatic heterocycles. The van der Waals surface area contributed by atoms with E-state index in [1.807, 2.05) is 49.3 Å². The lowest BCUT2D eigenvalue weighted by atomic mass is 10.1. The molecule has 0 amide bonds. The molecule has 108 valence electrons. The Balaban J connectivity index is 1.99. The number of likely N-dealkylation sites (N-methyl/N-ethyl adjacent to an activating group) is 1. The maximum Gasteiger partial charge on any atom is 0.260 e. The molecule has 1 atom stereocenters. The van der Waals surface area contributed by atoms with Crippen molar-refractivity contribution in [2.75, 3.05) is 20.6 Å². The molecule has 0 spiro atoms. The van der Waals surface area contributed by atoms with Gasteiger partial charge in [-0.15, -0.1) is 0 Å². The van der Waals surface area contributed by atoms with Crippen molar-refractivity contribution in [2.24, 2.45) is 5.73 Å². The van der Waals surface area contributed by atoms with Gasteiger partial charge >= 0.3 is 0 Å². The molecule has 3 rings (SSSR count). The van der Waals surface area contributed by atoms with E-state index >= 15 is 0 Å². The van der Waals surface area contributed by atoms with E-state index in [0.717, 1.165) is 16.5 Å². The first-order valence-electron chi connectivity index (χ1n) is 6.73. The second-order valence-electron chi connectivity index (χ2n) is 5.21. The van der Waals surface area contributed by atoms with Crippen molar-refractivity contribution in [2.45, 2.75) is 6.04 Å². The minimum atomic E-state index is -0.277. The molecule has 0 aliphatic carbocycles. The van der Waals surface area contributed by atoms with Crippen LogP contribution in [0.15, 0.2) is 41.1 Å². The topological polar surface area (TPSA) is 81.1 Å². The molecule has 1 aromatic carbocycles. The highest BCUT2D eigenvalue weighted by Gasteiger charge is 2.17. The molecule has 3 aromatic rings.